The van der Waals surface area contributed by atoms with Crippen molar-refractivity contribution in [3.63, 3.8) is 0 Å². The van der Waals surface area contributed by atoms with E-state index in [1.165, 1.54) is 6.20 Å². The van der Waals surface area contributed by atoms with Crippen LogP contribution in [0.3, 0.4) is 0 Å². The van der Waals surface area contributed by atoms with Gasteiger partial charge in [-0.15, -0.1) is 0 Å². The van der Waals surface area contributed by atoms with E-state index in [-0.39, 0.29) is 18.0 Å². The molecule has 2 heterocycles. The second kappa shape index (κ2) is 5.65. The van der Waals surface area contributed by atoms with E-state index < -0.39 is 0 Å². The number of para-hydroxylation sites is 2. The molecule has 2 aromatic rings. The molecule has 5 nitrogen and oxygen atoms in total. The normalized spacial score (nSPS) is 17.3. The Morgan fingerprint density at radius 2 is 2.14 bits per heavy atom. The molecular weight excluding hydrogens is 302 g/mol. The molecule has 1 atom stereocenters. The third-order valence-electron chi connectivity index (χ3n) is 3.72. The lowest BCUT2D eigenvalue weighted by Gasteiger charge is -2.34. The number of ether oxygens (including phenoxy) is 1. The smallest absolute Gasteiger partial charge is 0.263 e. The van der Waals surface area contributed by atoms with Crippen LogP contribution in [0.1, 0.15) is 37.2 Å². The van der Waals surface area contributed by atoms with Crippen LogP contribution in [0.5, 0.6) is 5.75 Å². The van der Waals surface area contributed by atoms with Crippen molar-refractivity contribution in [3.05, 3.63) is 41.2 Å². The molecule has 1 unspecified atom stereocenters. The topological polar surface area (TPSA) is 47.4 Å². The summed E-state index contributed by atoms with van der Waals surface area (Å²) in [5, 5.41) is 4.59. The number of rotatable bonds is 2. The van der Waals surface area contributed by atoms with Crippen LogP contribution in [0.2, 0.25) is 5.15 Å². The maximum atomic E-state index is 13.0. The Balaban J connectivity index is 2.02. The van der Waals surface area contributed by atoms with Crippen LogP contribution < -0.4 is 9.64 Å². The number of nitrogens with zero attached hydrogens (tertiary/aromatic N) is 3. The Hall–Kier alpha value is -2.01. The van der Waals surface area contributed by atoms with Crippen molar-refractivity contribution >= 4 is 23.2 Å². The average Bonchev–Trinajstić information content (AvgIpc) is 2.88. The predicted molar refractivity (Wildman–Crippen MR) is 85.8 cm³/mol. The van der Waals surface area contributed by atoms with Crippen molar-refractivity contribution in [2.24, 2.45) is 0 Å². The Kier molecular flexibility index (Phi) is 3.83. The number of benzene rings is 1. The fourth-order valence-electron chi connectivity index (χ4n) is 2.59. The zero-order chi connectivity index (χ0) is 15.9. The van der Waals surface area contributed by atoms with E-state index in [2.05, 4.69) is 5.10 Å². The van der Waals surface area contributed by atoms with Gasteiger partial charge in [-0.05, 0) is 32.9 Å². The van der Waals surface area contributed by atoms with Gasteiger partial charge < -0.3 is 4.74 Å². The van der Waals surface area contributed by atoms with Gasteiger partial charge in [0.05, 0.1) is 23.5 Å². The first-order chi connectivity index (χ1) is 10.5. The number of carbonyl (C=O) groups is 1. The van der Waals surface area contributed by atoms with Crippen molar-refractivity contribution < 1.29 is 9.53 Å². The molecule has 1 aromatic heterocycles. The molecule has 22 heavy (non-hydrogen) atoms. The van der Waals surface area contributed by atoms with Gasteiger partial charge in [0.15, 0.2) is 0 Å². The fraction of sp³-hybridized carbons (Fsp3) is 0.375. The highest BCUT2D eigenvalue weighted by atomic mass is 35.5. The molecule has 0 bridgehead atoms. The minimum atomic E-state index is -0.153. The maximum absolute atomic E-state index is 13.0. The van der Waals surface area contributed by atoms with Crippen molar-refractivity contribution in [3.8, 4) is 5.75 Å². The summed E-state index contributed by atoms with van der Waals surface area (Å²) in [6.45, 7) is 6.35. The first-order valence-corrected chi connectivity index (χ1v) is 7.67. The minimum Gasteiger partial charge on any atom is -0.489 e. The lowest BCUT2D eigenvalue weighted by Crippen LogP contribution is -2.45. The van der Waals surface area contributed by atoms with Gasteiger partial charge in [0.25, 0.3) is 5.91 Å². The van der Waals surface area contributed by atoms with E-state index in [4.69, 9.17) is 16.3 Å². The second-order valence-electron chi connectivity index (χ2n) is 5.69. The fourth-order valence-corrected chi connectivity index (χ4v) is 2.96. The van der Waals surface area contributed by atoms with E-state index in [0.29, 0.717) is 23.1 Å². The third kappa shape index (κ3) is 2.35. The summed E-state index contributed by atoms with van der Waals surface area (Å²) in [5.74, 6) is 0.557. The van der Waals surface area contributed by atoms with Crippen LogP contribution in [-0.4, -0.2) is 28.3 Å². The summed E-state index contributed by atoms with van der Waals surface area (Å²) in [4.78, 5) is 14.7. The molecule has 1 aromatic carbocycles. The number of hydrogen-bond donors (Lipinski definition) is 0. The molecule has 0 saturated heterocycles. The molecule has 6 heteroatoms. The zero-order valence-electron chi connectivity index (χ0n) is 12.8. The van der Waals surface area contributed by atoms with E-state index in [1.807, 2.05) is 45.0 Å². The molecule has 0 N–H and O–H groups in total. The van der Waals surface area contributed by atoms with Crippen LogP contribution in [0.25, 0.3) is 0 Å². The number of amides is 1. The summed E-state index contributed by atoms with van der Waals surface area (Å²) in [6, 6.07) is 7.55. The highest BCUT2D eigenvalue weighted by Crippen LogP contribution is 2.35. The van der Waals surface area contributed by atoms with Crippen LogP contribution in [0, 0.1) is 0 Å². The van der Waals surface area contributed by atoms with E-state index in [1.54, 1.807) is 9.58 Å². The van der Waals surface area contributed by atoms with Gasteiger partial charge in [-0.2, -0.15) is 5.10 Å². The number of hydrogen-bond acceptors (Lipinski definition) is 3. The van der Waals surface area contributed by atoms with Gasteiger partial charge in [0.2, 0.25) is 0 Å². The zero-order valence-corrected chi connectivity index (χ0v) is 13.5. The SMILES string of the molecule is CC1COc2ccccc2N1C(=O)c1cnn(C(C)C)c1Cl. The van der Waals surface area contributed by atoms with Gasteiger partial charge in [-0.25, -0.2) is 0 Å². The first kappa shape index (κ1) is 14.9. The van der Waals surface area contributed by atoms with Crippen molar-refractivity contribution in [1.82, 2.24) is 9.78 Å². The largest absolute Gasteiger partial charge is 0.489 e. The van der Waals surface area contributed by atoms with Crippen LogP contribution in [-0.2, 0) is 0 Å². The predicted octanol–water partition coefficient (Wildman–Crippen LogP) is 3.55. The van der Waals surface area contributed by atoms with Crippen LogP contribution >= 0.6 is 11.6 Å². The van der Waals surface area contributed by atoms with Crippen molar-refractivity contribution in [2.75, 3.05) is 11.5 Å². The van der Waals surface area contributed by atoms with Crippen LogP contribution in [0.4, 0.5) is 5.69 Å². The van der Waals surface area contributed by atoms with Crippen molar-refractivity contribution in [1.29, 1.82) is 0 Å². The van der Waals surface area contributed by atoms with Gasteiger partial charge in [-0.3, -0.25) is 14.4 Å². The molecule has 1 aliphatic rings. The highest BCUT2D eigenvalue weighted by Gasteiger charge is 2.32. The summed E-state index contributed by atoms with van der Waals surface area (Å²) in [6.07, 6.45) is 1.54. The maximum Gasteiger partial charge on any atom is 0.263 e. The number of anilines is 1. The Morgan fingerprint density at radius 3 is 2.82 bits per heavy atom. The number of halogens is 1. The van der Waals surface area contributed by atoms with E-state index in [0.717, 1.165) is 5.69 Å². The monoisotopic (exact) mass is 319 g/mol. The Labute approximate surface area is 134 Å². The van der Waals surface area contributed by atoms with Gasteiger partial charge in [-0.1, -0.05) is 23.7 Å². The quantitative estimate of drug-likeness (QED) is 0.850. The molecule has 3 rings (SSSR count). The third-order valence-corrected chi connectivity index (χ3v) is 4.10. The molecule has 1 amide bonds. The highest BCUT2D eigenvalue weighted by molar-refractivity contribution is 6.33. The lowest BCUT2D eigenvalue weighted by molar-refractivity contribution is 0.0961. The summed E-state index contributed by atoms with van der Waals surface area (Å²) in [7, 11) is 0. The van der Waals surface area contributed by atoms with Crippen molar-refractivity contribution in [2.45, 2.75) is 32.9 Å². The van der Waals surface area contributed by atoms with Gasteiger partial charge in [0, 0.05) is 6.04 Å². The average molecular weight is 320 g/mol. The second-order valence-corrected chi connectivity index (χ2v) is 6.05. The number of fused-ring (bicyclic) bond motifs is 1. The molecular formula is C16H18ClN3O2. The molecule has 0 aliphatic carbocycles. The Bertz CT molecular complexity index is 711. The molecule has 0 saturated carbocycles. The molecule has 0 fully saturated rings. The number of aromatic nitrogens is 2. The van der Waals surface area contributed by atoms with Crippen LogP contribution in [0.15, 0.2) is 30.5 Å². The minimum absolute atomic E-state index is 0.0686. The molecule has 0 spiro atoms. The molecule has 1 aliphatic heterocycles. The number of carbonyl (C=O) groups excluding carboxylic acids is 1. The molecule has 0 radical (unpaired) electrons. The Morgan fingerprint density at radius 1 is 1.41 bits per heavy atom. The summed E-state index contributed by atoms with van der Waals surface area (Å²) in [5.41, 5.74) is 1.18. The van der Waals surface area contributed by atoms with Gasteiger partial charge in [0.1, 0.15) is 17.5 Å². The molecule has 116 valence electrons. The summed E-state index contributed by atoms with van der Waals surface area (Å²) >= 11 is 6.33. The van der Waals surface area contributed by atoms with E-state index >= 15 is 0 Å². The first-order valence-electron chi connectivity index (χ1n) is 7.29. The van der Waals surface area contributed by atoms with Gasteiger partial charge >= 0.3 is 0 Å². The lowest BCUT2D eigenvalue weighted by atomic mass is 10.1. The standard InChI is InChI=1S/C16H18ClN3O2/c1-10(2)20-15(17)12(8-18-20)16(21)19-11(3)9-22-14-7-5-4-6-13(14)19/h4-8,10-11H,9H2,1-3H3. The summed E-state index contributed by atoms with van der Waals surface area (Å²) < 4.78 is 7.32. The van der Waals surface area contributed by atoms with E-state index in [9.17, 15) is 4.79 Å².